The first-order valence-electron chi connectivity index (χ1n) is 5.80. The number of nitrogens with two attached hydrogens (primary N) is 1. The second-order valence-corrected chi connectivity index (χ2v) is 6.81. The van der Waals surface area contributed by atoms with Crippen molar-refractivity contribution in [1.29, 1.82) is 0 Å². The van der Waals surface area contributed by atoms with Gasteiger partial charge in [0.2, 0.25) is 0 Å². The highest BCUT2D eigenvalue weighted by Gasteiger charge is 2.14. The zero-order valence-corrected chi connectivity index (χ0v) is 11.8. The van der Waals surface area contributed by atoms with Crippen molar-refractivity contribution in [2.45, 2.75) is 11.3 Å². The third-order valence-corrected chi connectivity index (χ3v) is 4.74. The van der Waals surface area contributed by atoms with E-state index in [2.05, 4.69) is 0 Å². The normalized spacial score (nSPS) is 11.4. The fourth-order valence-corrected chi connectivity index (χ4v) is 3.30. The Bertz CT molecular complexity index is 666. The molecular weight excluding hydrogens is 282 g/mol. The largest absolute Gasteiger partial charge is 0.399 e. The number of aryl methyl sites for hydroxylation is 1. The molecule has 0 bridgehead atoms. The predicted molar refractivity (Wildman–Crippen MR) is 78.1 cm³/mol. The minimum atomic E-state index is -3.31. The van der Waals surface area contributed by atoms with Crippen LogP contribution in [0.1, 0.15) is 5.56 Å². The van der Waals surface area contributed by atoms with Crippen molar-refractivity contribution in [3.63, 3.8) is 0 Å². The number of sulfone groups is 1. The maximum atomic E-state index is 12.1. The Balaban J connectivity index is 2.12. The lowest BCUT2D eigenvalue weighted by Crippen LogP contribution is -2.09. The van der Waals surface area contributed by atoms with Crippen molar-refractivity contribution in [1.82, 2.24) is 0 Å². The molecule has 0 saturated carbocycles. The molecule has 2 N–H and O–H groups in total. The second-order valence-electron chi connectivity index (χ2n) is 4.27. The Morgan fingerprint density at radius 1 is 1.05 bits per heavy atom. The van der Waals surface area contributed by atoms with Gasteiger partial charge in [-0.15, -0.1) is 0 Å². The molecule has 2 rings (SSSR count). The third-order valence-electron chi connectivity index (χ3n) is 2.79. The van der Waals surface area contributed by atoms with E-state index >= 15 is 0 Å². The molecule has 0 atom stereocenters. The summed E-state index contributed by atoms with van der Waals surface area (Å²) in [5.41, 5.74) is 7.20. The molecule has 2 aromatic rings. The van der Waals surface area contributed by atoms with Crippen LogP contribution in [0.5, 0.6) is 0 Å². The standard InChI is InChI=1S/C14H14ClNO2S/c15-12-2-1-3-14(10-12)19(17,18)9-8-11-4-6-13(16)7-5-11/h1-7,10H,8-9,16H2. The minimum Gasteiger partial charge on any atom is -0.399 e. The Kier molecular flexibility index (Phi) is 4.12. The van der Waals surface area contributed by atoms with Crippen LogP contribution in [0, 0.1) is 0 Å². The summed E-state index contributed by atoms with van der Waals surface area (Å²) in [7, 11) is -3.31. The summed E-state index contributed by atoms with van der Waals surface area (Å²) in [6.45, 7) is 0. The minimum absolute atomic E-state index is 0.0528. The van der Waals surface area contributed by atoms with Gasteiger partial charge in [-0.05, 0) is 42.3 Å². The van der Waals surface area contributed by atoms with E-state index in [-0.39, 0.29) is 10.6 Å². The molecule has 0 aliphatic heterocycles. The average molecular weight is 296 g/mol. The summed E-state index contributed by atoms with van der Waals surface area (Å²) in [6, 6.07) is 13.5. The molecule has 0 amide bonds. The molecule has 0 aliphatic rings. The monoisotopic (exact) mass is 295 g/mol. The summed E-state index contributed by atoms with van der Waals surface area (Å²) in [5.74, 6) is 0.0528. The summed E-state index contributed by atoms with van der Waals surface area (Å²) in [4.78, 5) is 0.260. The van der Waals surface area contributed by atoms with Crippen LogP contribution in [0.2, 0.25) is 5.02 Å². The molecule has 100 valence electrons. The molecule has 3 nitrogen and oxygen atoms in total. The lowest BCUT2D eigenvalue weighted by Gasteiger charge is -2.05. The van der Waals surface area contributed by atoms with E-state index in [1.54, 1.807) is 30.3 Å². The average Bonchev–Trinajstić information content (AvgIpc) is 2.38. The Hall–Kier alpha value is -1.52. The van der Waals surface area contributed by atoms with Crippen LogP contribution < -0.4 is 5.73 Å². The zero-order chi connectivity index (χ0) is 13.9. The van der Waals surface area contributed by atoms with Crippen molar-refractivity contribution < 1.29 is 8.42 Å². The van der Waals surface area contributed by atoms with E-state index in [0.29, 0.717) is 17.1 Å². The van der Waals surface area contributed by atoms with Gasteiger partial charge in [-0.3, -0.25) is 0 Å². The molecule has 0 saturated heterocycles. The summed E-state index contributed by atoms with van der Waals surface area (Å²) >= 11 is 5.81. The van der Waals surface area contributed by atoms with Crippen LogP contribution in [0.3, 0.4) is 0 Å². The van der Waals surface area contributed by atoms with Gasteiger partial charge < -0.3 is 5.73 Å². The fraction of sp³-hybridized carbons (Fsp3) is 0.143. The molecule has 0 aliphatic carbocycles. The molecule has 0 heterocycles. The smallest absolute Gasteiger partial charge is 0.178 e. The van der Waals surface area contributed by atoms with Gasteiger partial charge in [0, 0.05) is 10.7 Å². The van der Waals surface area contributed by atoms with Gasteiger partial charge in [0.25, 0.3) is 0 Å². The first kappa shape index (κ1) is 13.9. The number of rotatable bonds is 4. The van der Waals surface area contributed by atoms with Crippen molar-refractivity contribution >= 4 is 27.1 Å². The van der Waals surface area contributed by atoms with Crippen LogP contribution in [0.25, 0.3) is 0 Å². The number of anilines is 1. The maximum absolute atomic E-state index is 12.1. The van der Waals surface area contributed by atoms with Gasteiger partial charge in [0.05, 0.1) is 10.6 Å². The van der Waals surface area contributed by atoms with Crippen molar-refractivity contribution in [2.75, 3.05) is 11.5 Å². The van der Waals surface area contributed by atoms with Gasteiger partial charge in [-0.1, -0.05) is 29.8 Å². The number of hydrogen-bond donors (Lipinski definition) is 1. The molecule has 19 heavy (non-hydrogen) atoms. The summed E-state index contributed by atoms with van der Waals surface area (Å²) in [6.07, 6.45) is 0.453. The molecule has 0 aromatic heterocycles. The highest BCUT2D eigenvalue weighted by Crippen LogP contribution is 2.18. The highest BCUT2D eigenvalue weighted by atomic mass is 35.5. The SMILES string of the molecule is Nc1ccc(CCS(=O)(=O)c2cccc(Cl)c2)cc1. The topological polar surface area (TPSA) is 60.2 Å². The van der Waals surface area contributed by atoms with Crippen LogP contribution in [0.15, 0.2) is 53.4 Å². The number of benzene rings is 2. The van der Waals surface area contributed by atoms with Crippen molar-refractivity contribution in [3.8, 4) is 0 Å². The van der Waals surface area contributed by atoms with Crippen LogP contribution >= 0.6 is 11.6 Å². The lowest BCUT2D eigenvalue weighted by atomic mass is 10.2. The van der Waals surface area contributed by atoms with Crippen LogP contribution in [-0.4, -0.2) is 14.2 Å². The molecule has 0 fully saturated rings. The molecule has 0 unspecified atom stereocenters. The van der Waals surface area contributed by atoms with E-state index < -0.39 is 9.84 Å². The second kappa shape index (κ2) is 5.63. The van der Waals surface area contributed by atoms with Gasteiger partial charge in [0.1, 0.15) is 0 Å². The highest BCUT2D eigenvalue weighted by molar-refractivity contribution is 7.91. The Morgan fingerprint density at radius 3 is 2.37 bits per heavy atom. The van der Waals surface area contributed by atoms with Crippen LogP contribution in [-0.2, 0) is 16.3 Å². The maximum Gasteiger partial charge on any atom is 0.178 e. The number of halogens is 1. The van der Waals surface area contributed by atoms with E-state index in [1.165, 1.54) is 6.07 Å². The lowest BCUT2D eigenvalue weighted by molar-refractivity contribution is 0.595. The fourth-order valence-electron chi connectivity index (χ4n) is 1.71. The summed E-state index contributed by atoms with van der Waals surface area (Å²) < 4.78 is 24.3. The van der Waals surface area contributed by atoms with E-state index in [0.717, 1.165) is 5.56 Å². The predicted octanol–water partition coefficient (Wildman–Crippen LogP) is 2.94. The molecular formula is C14H14ClNO2S. The van der Waals surface area contributed by atoms with Gasteiger partial charge >= 0.3 is 0 Å². The first-order chi connectivity index (χ1) is 8.97. The van der Waals surface area contributed by atoms with Gasteiger partial charge in [0.15, 0.2) is 9.84 Å². The van der Waals surface area contributed by atoms with E-state index in [1.807, 2.05) is 12.1 Å². The number of hydrogen-bond acceptors (Lipinski definition) is 3. The molecule has 2 aromatic carbocycles. The zero-order valence-electron chi connectivity index (χ0n) is 10.2. The van der Waals surface area contributed by atoms with Crippen molar-refractivity contribution in [3.05, 3.63) is 59.1 Å². The summed E-state index contributed by atoms with van der Waals surface area (Å²) in [5, 5.41) is 0.425. The van der Waals surface area contributed by atoms with Gasteiger partial charge in [-0.2, -0.15) is 0 Å². The molecule has 5 heteroatoms. The Labute approximate surface area is 117 Å². The quantitative estimate of drug-likeness (QED) is 0.882. The van der Waals surface area contributed by atoms with E-state index in [4.69, 9.17) is 17.3 Å². The first-order valence-corrected chi connectivity index (χ1v) is 7.83. The molecule has 0 radical (unpaired) electrons. The number of nitrogen functional groups attached to an aromatic ring is 1. The molecule has 0 spiro atoms. The van der Waals surface area contributed by atoms with E-state index in [9.17, 15) is 8.42 Å². The van der Waals surface area contributed by atoms with Crippen LogP contribution in [0.4, 0.5) is 5.69 Å². The van der Waals surface area contributed by atoms with Gasteiger partial charge in [-0.25, -0.2) is 8.42 Å². The Morgan fingerprint density at radius 2 is 1.74 bits per heavy atom. The third kappa shape index (κ3) is 3.72. The van der Waals surface area contributed by atoms with Crippen molar-refractivity contribution in [2.24, 2.45) is 0 Å².